The van der Waals surface area contributed by atoms with Crippen molar-refractivity contribution in [3.63, 3.8) is 0 Å². The first kappa shape index (κ1) is 24.5. The smallest absolute Gasteiger partial charge is 0.377 e. The highest BCUT2D eigenvalue weighted by atomic mass is 16.4. The Morgan fingerprint density at radius 2 is 1.79 bits per heavy atom. The van der Waals surface area contributed by atoms with Gasteiger partial charge in [0.2, 0.25) is 5.82 Å². The molecule has 0 aliphatic heterocycles. The van der Waals surface area contributed by atoms with Gasteiger partial charge >= 0.3 is 11.9 Å². The summed E-state index contributed by atoms with van der Waals surface area (Å²) >= 11 is 0. The van der Waals surface area contributed by atoms with Gasteiger partial charge in [-0.3, -0.25) is 14.6 Å². The molecule has 3 heterocycles. The Hall–Kier alpha value is -5.24. The predicted molar refractivity (Wildman–Crippen MR) is 142 cm³/mol. The highest BCUT2D eigenvalue weighted by molar-refractivity contribution is 6.01. The fourth-order valence-corrected chi connectivity index (χ4v) is 3.89. The highest BCUT2D eigenvalue weighted by Gasteiger charge is 2.20. The maximum absolute atomic E-state index is 12.7. The summed E-state index contributed by atoms with van der Waals surface area (Å²) in [5.74, 6) is 0.524. The van der Waals surface area contributed by atoms with Gasteiger partial charge in [0.25, 0.3) is 5.89 Å². The van der Waals surface area contributed by atoms with Crippen LogP contribution < -0.4 is 9.88 Å². The number of aryl methyl sites for hydroxylation is 1. The summed E-state index contributed by atoms with van der Waals surface area (Å²) in [7, 11) is 0. The summed E-state index contributed by atoms with van der Waals surface area (Å²) in [6.45, 7) is 1.96. The molecule has 0 spiro atoms. The zero-order valence-corrected chi connectivity index (χ0v) is 20.6. The molecule has 1 amide bonds. The number of hydrogen-bond donors (Lipinski definition) is 1. The van der Waals surface area contributed by atoms with Crippen LogP contribution in [0, 0.1) is 6.92 Å². The minimum absolute atomic E-state index is 0.0503. The standard InChI is InChI=1S/C30H23N5O3/c1-21-6-4-9-25(18-21)26(36)20-23-8-5-7-22(19-23)11-12-28(37)32-27-10-2-3-17-35(27)30-34-33-29(38-30)24-13-15-31-16-14-24/h2-19H,20H2,1H3/p+1/b12-11+. The fourth-order valence-electron chi connectivity index (χ4n) is 3.89. The van der Waals surface area contributed by atoms with E-state index < -0.39 is 0 Å². The molecule has 0 atom stereocenters. The maximum atomic E-state index is 12.7. The number of anilines is 1. The largest absolute Gasteiger partial charge is 0.468 e. The monoisotopic (exact) mass is 502 g/mol. The molecule has 38 heavy (non-hydrogen) atoms. The Kier molecular flexibility index (Phi) is 7.22. The number of carbonyl (C=O) groups is 2. The Labute approximate surface area is 219 Å². The van der Waals surface area contributed by atoms with Crippen LogP contribution in [0.25, 0.3) is 23.5 Å². The van der Waals surface area contributed by atoms with Gasteiger partial charge in [-0.05, 0) is 53.5 Å². The first-order valence-electron chi connectivity index (χ1n) is 12.0. The quantitative estimate of drug-likeness (QED) is 0.186. The predicted octanol–water partition coefficient (Wildman–Crippen LogP) is 4.79. The second-order valence-corrected chi connectivity index (χ2v) is 8.62. The lowest BCUT2D eigenvalue weighted by atomic mass is 10.00. The lowest BCUT2D eigenvalue weighted by molar-refractivity contribution is -0.598. The van der Waals surface area contributed by atoms with Crippen LogP contribution in [0.2, 0.25) is 0 Å². The number of benzene rings is 2. The van der Waals surface area contributed by atoms with Crippen molar-refractivity contribution in [2.75, 3.05) is 5.32 Å². The second kappa shape index (κ2) is 11.2. The van der Waals surface area contributed by atoms with E-state index in [-0.39, 0.29) is 24.1 Å². The van der Waals surface area contributed by atoms with Crippen molar-refractivity contribution in [1.29, 1.82) is 0 Å². The van der Waals surface area contributed by atoms with E-state index in [1.54, 1.807) is 59.6 Å². The minimum Gasteiger partial charge on any atom is -0.377 e. The van der Waals surface area contributed by atoms with Crippen LogP contribution in [0.1, 0.15) is 27.0 Å². The molecule has 3 aromatic heterocycles. The third kappa shape index (κ3) is 5.93. The lowest BCUT2D eigenvalue weighted by Crippen LogP contribution is -2.35. The molecule has 2 aromatic carbocycles. The second-order valence-electron chi connectivity index (χ2n) is 8.62. The van der Waals surface area contributed by atoms with E-state index in [0.29, 0.717) is 17.3 Å². The van der Waals surface area contributed by atoms with E-state index in [1.165, 1.54) is 6.08 Å². The number of nitrogens with one attached hydrogen (secondary N) is 1. The summed E-state index contributed by atoms with van der Waals surface area (Å²) in [6.07, 6.45) is 8.44. The third-order valence-electron chi connectivity index (χ3n) is 5.74. The molecule has 5 rings (SSSR count). The Balaban J connectivity index is 1.27. The number of pyridine rings is 2. The van der Waals surface area contributed by atoms with Crippen molar-refractivity contribution >= 4 is 23.6 Å². The van der Waals surface area contributed by atoms with Crippen LogP contribution in [0.4, 0.5) is 5.82 Å². The molecular formula is C30H24N5O3+. The zero-order valence-electron chi connectivity index (χ0n) is 20.6. The van der Waals surface area contributed by atoms with E-state index in [2.05, 4.69) is 20.5 Å². The van der Waals surface area contributed by atoms with Crippen LogP contribution in [-0.2, 0) is 11.2 Å². The number of hydrogen-bond acceptors (Lipinski definition) is 6. The van der Waals surface area contributed by atoms with Crippen LogP contribution in [-0.4, -0.2) is 26.9 Å². The van der Waals surface area contributed by atoms with Crippen molar-refractivity contribution in [2.45, 2.75) is 13.3 Å². The molecule has 0 radical (unpaired) electrons. The molecule has 8 nitrogen and oxygen atoms in total. The molecule has 186 valence electrons. The molecular weight excluding hydrogens is 478 g/mol. The van der Waals surface area contributed by atoms with Crippen molar-refractivity contribution in [3.8, 4) is 17.5 Å². The summed E-state index contributed by atoms with van der Waals surface area (Å²) < 4.78 is 7.40. The molecule has 0 saturated heterocycles. The SMILES string of the molecule is Cc1cccc(C(=O)Cc2cccc(/C=C/C(=O)Nc3cccc[n+]3-c3nnc(-c4ccncc4)o3)c2)c1. The number of ketones is 1. The molecule has 0 bridgehead atoms. The number of amides is 1. The van der Waals surface area contributed by atoms with Crippen molar-refractivity contribution in [3.05, 3.63) is 126 Å². The van der Waals surface area contributed by atoms with Gasteiger partial charge in [-0.25, -0.2) is 5.32 Å². The Morgan fingerprint density at radius 3 is 2.63 bits per heavy atom. The zero-order chi connectivity index (χ0) is 26.3. The van der Waals surface area contributed by atoms with E-state index in [1.807, 2.05) is 55.5 Å². The van der Waals surface area contributed by atoms with E-state index in [4.69, 9.17) is 4.42 Å². The van der Waals surface area contributed by atoms with Crippen LogP contribution in [0.15, 0.2) is 108 Å². The van der Waals surface area contributed by atoms with Gasteiger partial charge in [0, 0.05) is 42.1 Å². The van der Waals surface area contributed by atoms with Gasteiger partial charge in [0.15, 0.2) is 5.78 Å². The number of rotatable bonds is 8. The normalized spacial score (nSPS) is 11.0. The summed E-state index contributed by atoms with van der Waals surface area (Å²) in [5, 5.41) is 11.1. The van der Waals surface area contributed by atoms with Gasteiger partial charge in [-0.1, -0.05) is 54.1 Å². The molecule has 0 fully saturated rings. The molecule has 1 N–H and O–H groups in total. The maximum Gasteiger partial charge on any atom is 0.468 e. The van der Waals surface area contributed by atoms with Gasteiger partial charge in [0.05, 0.1) is 11.3 Å². The molecule has 0 saturated carbocycles. The third-order valence-corrected chi connectivity index (χ3v) is 5.74. The minimum atomic E-state index is -0.333. The van der Waals surface area contributed by atoms with Crippen LogP contribution >= 0.6 is 0 Å². The van der Waals surface area contributed by atoms with Crippen molar-refractivity contribution in [1.82, 2.24) is 15.2 Å². The first-order valence-corrected chi connectivity index (χ1v) is 12.0. The average Bonchev–Trinajstić information content (AvgIpc) is 3.43. The first-order chi connectivity index (χ1) is 18.5. The fraction of sp³-hybridized carbons (Fsp3) is 0.0667. The van der Waals surface area contributed by atoms with E-state index >= 15 is 0 Å². The van der Waals surface area contributed by atoms with Crippen molar-refractivity contribution in [2.24, 2.45) is 0 Å². The van der Waals surface area contributed by atoms with Gasteiger partial charge in [-0.15, -0.1) is 0 Å². The summed E-state index contributed by atoms with van der Waals surface area (Å²) in [4.78, 5) is 29.4. The molecule has 0 unspecified atom stereocenters. The lowest BCUT2D eigenvalue weighted by Gasteiger charge is -2.04. The van der Waals surface area contributed by atoms with Gasteiger partial charge < -0.3 is 4.42 Å². The Morgan fingerprint density at radius 1 is 0.947 bits per heavy atom. The highest BCUT2D eigenvalue weighted by Crippen LogP contribution is 2.17. The Bertz CT molecular complexity index is 1630. The van der Waals surface area contributed by atoms with E-state index in [0.717, 1.165) is 22.3 Å². The molecule has 5 aromatic rings. The molecule has 8 heteroatoms. The van der Waals surface area contributed by atoms with Crippen LogP contribution in [0.3, 0.4) is 0 Å². The number of aromatic nitrogens is 4. The molecule has 0 aliphatic rings. The molecule has 0 aliphatic carbocycles. The van der Waals surface area contributed by atoms with Crippen molar-refractivity contribution < 1.29 is 18.6 Å². The van der Waals surface area contributed by atoms with Crippen LogP contribution in [0.5, 0.6) is 0 Å². The average molecular weight is 503 g/mol. The van der Waals surface area contributed by atoms with Gasteiger partial charge in [0.1, 0.15) is 0 Å². The number of Topliss-reactive ketones (excluding diaryl/α,β-unsaturated/α-hetero) is 1. The topological polar surface area (TPSA) is 102 Å². The number of nitrogens with zero attached hydrogens (tertiary/aromatic N) is 4. The number of carbonyl (C=O) groups excluding carboxylic acids is 2. The van der Waals surface area contributed by atoms with Gasteiger partial charge in [-0.2, -0.15) is 4.57 Å². The van der Waals surface area contributed by atoms with E-state index in [9.17, 15) is 9.59 Å². The summed E-state index contributed by atoms with van der Waals surface area (Å²) in [5.41, 5.74) is 4.17. The summed E-state index contributed by atoms with van der Waals surface area (Å²) in [6, 6.07) is 24.2.